The second-order valence-electron chi connectivity index (χ2n) is 10.2. The van der Waals surface area contributed by atoms with Gasteiger partial charge in [0.2, 0.25) is 0 Å². The number of hydrogen-bond donors (Lipinski definition) is 2. The Morgan fingerprint density at radius 3 is 2.53 bits per heavy atom. The van der Waals surface area contributed by atoms with Gasteiger partial charge in [-0.2, -0.15) is 5.10 Å². The second-order valence-corrected chi connectivity index (χ2v) is 12.8. The van der Waals surface area contributed by atoms with Crippen LogP contribution in [0.2, 0.25) is 5.02 Å². The van der Waals surface area contributed by atoms with Crippen molar-refractivity contribution in [3.05, 3.63) is 76.8 Å². The lowest BCUT2D eigenvalue weighted by Gasteiger charge is -2.43. The number of benzene rings is 2. The van der Waals surface area contributed by atoms with E-state index in [-0.39, 0.29) is 58.3 Å². The van der Waals surface area contributed by atoms with Crippen LogP contribution in [0, 0.1) is 35.2 Å². The number of fused-ring (bicyclic) bond motifs is 2. The zero-order valence-electron chi connectivity index (χ0n) is 20.2. The van der Waals surface area contributed by atoms with Crippen molar-refractivity contribution in [2.75, 3.05) is 5.32 Å². The zero-order chi connectivity index (χ0) is 27.4. The van der Waals surface area contributed by atoms with E-state index in [1.54, 1.807) is 23.1 Å². The predicted molar refractivity (Wildman–Crippen MR) is 134 cm³/mol. The number of anilines is 1. The van der Waals surface area contributed by atoms with E-state index in [4.69, 9.17) is 11.6 Å². The first-order valence-corrected chi connectivity index (χ1v) is 14.0. The Morgan fingerprint density at radius 1 is 1.18 bits per heavy atom. The Bertz CT molecular complexity index is 1480. The average molecular weight is 568 g/mol. The first kappa shape index (κ1) is 26.7. The van der Waals surface area contributed by atoms with Crippen LogP contribution in [0.25, 0.3) is 0 Å². The number of nitrogens with one attached hydrogen (secondary N) is 1. The van der Waals surface area contributed by atoms with Crippen LogP contribution in [0.3, 0.4) is 0 Å². The molecule has 38 heavy (non-hydrogen) atoms. The molecule has 2 unspecified atom stereocenters. The summed E-state index contributed by atoms with van der Waals surface area (Å²) in [5.74, 6) is -5.93. The van der Waals surface area contributed by atoms with E-state index in [2.05, 4.69) is 10.4 Å². The Hall–Kier alpha value is -2.89. The lowest BCUT2D eigenvalue weighted by atomic mass is 9.73. The first-order chi connectivity index (χ1) is 17.9. The zero-order valence-corrected chi connectivity index (χ0v) is 21.8. The molecule has 2 fully saturated rings. The molecule has 1 aromatic heterocycles. The molecule has 3 aromatic rings. The molecule has 5 rings (SSSR count). The quantitative estimate of drug-likeness (QED) is 0.415. The van der Waals surface area contributed by atoms with E-state index in [0.717, 1.165) is 6.07 Å². The van der Waals surface area contributed by atoms with Crippen molar-refractivity contribution in [3.8, 4) is 0 Å². The van der Waals surface area contributed by atoms with E-state index in [0.29, 0.717) is 18.6 Å². The molecule has 202 valence electrons. The number of aromatic nitrogens is 2. The van der Waals surface area contributed by atoms with Crippen LogP contribution >= 0.6 is 11.6 Å². The summed E-state index contributed by atoms with van der Waals surface area (Å²) in [6, 6.07) is 6.67. The van der Waals surface area contributed by atoms with Gasteiger partial charge in [-0.05, 0) is 61.3 Å². The summed E-state index contributed by atoms with van der Waals surface area (Å²) in [4.78, 5) is 12.5. The van der Waals surface area contributed by atoms with Gasteiger partial charge in [-0.3, -0.25) is 9.48 Å². The van der Waals surface area contributed by atoms with Gasteiger partial charge in [0.1, 0.15) is 0 Å². The molecule has 5 atom stereocenters. The molecular formula is C26H25ClF3N3O4S. The van der Waals surface area contributed by atoms with Gasteiger partial charge in [0, 0.05) is 35.8 Å². The van der Waals surface area contributed by atoms with Gasteiger partial charge >= 0.3 is 0 Å². The minimum absolute atomic E-state index is 0.0711. The Morgan fingerprint density at radius 2 is 1.89 bits per heavy atom. The molecule has 1 heterocycles. The van der Waals surface area contributed by atoms with E-state index in [9.17, 15) is 31.5 Å². The fourth-order valence-corrected chi connectivity index (χ4v) is 8.45. The highest BCUT2D eigenvalue weighted by molar-refractivity contribution is 7.92. The fourth-order valence-electron chi connectivity index (χ4n) is 6.07. The summed E-state index contributed by atoms with van der Waals surface area (Å²) < 4.78 is 69.5. The van der Waals surface area contributed by atoms with Gasteiger partial charge < -0.3 is 10.4 Å². The van der Waals surface area contributed by atoms with Crippen LogP contribution in [-0.4, -0.2) is 40.1 Å². The van der Waals surface area contributed by atoms with Crippen molar-refractivity contribution in [1.29, 1.82) is 0 Å². The largest absolute Gasteiger partial charge is 0.387 e. The van der Waals surface area contributed by atoms with Crippen molar-refractivity contribution in [1.82, 2.24) is 9.78 Å². The number of sulfone groups is 1. The molecule has 2 bridgehead atoms. The fraction of sp³-hybridized carbons (Fsp3) is 0.385. The highest BCUT2D eigenvalue weighted by Gasteiger charge is 2.58. The third kappa shape index (κ3) is 4.60. The highest BCUT2D eigenvalue weighted by Crippen LogP contribution is 2.55. The number of amides is 1. The van der Waals surface area contributed by atoms with Crippen LogP contribution in [0.4, 0.5) is 18.9 Å². The Labute approximate surface area is 222 Å². The van der Waals surface area contributed by atoms with E-state index in [1.165, 1.54) is 12.1 Å². The molecule has 0 aliphatic heterocycles. The summed E-state index contributed by atoms with van der Waals surface area (Å²) in [7, 11) is -4.02. The maximum Gasteiger partial charge on any atom is 0.255 e. The number of aliphatic hydroxyl groups is 1. The van der Waals surface area contributed by atoms with Gasteiger partial charge in [-0.15, -0.1) is 0 Å². The van der Waals surface area contributed by atoms with Crippen LogP contribution in [0.5, 0.6) is 0 Å². The number of hydrogen-bond acceptors (Lipinski definition) is 5. The monoisotopic (exact) mass is 567 g/mol. The molecule has 12 heteroatoms. The molecule has 7 nitrogen and oxygen atoms in total. The standard InChI is InChI=1S/C26H25ClF3N3O4S/c1-14-7-16-9-18(12-19(14)26(16,35)13-33-6-2-5-31-33)38(36,37)23-8-15(3-4-20(23)27)25(34)32-17-10-21(28)24(30)22(29)11-17/h2-6,8,10-11,14,16,18-19,35H,7,9,12-13H2,1H3,(H,32,34)/t14-,16?,18-,19?,26+/m0/s1. The topological polar surface area (TPSA) is 101 Å². The first-order valence-electron chi connectivity index (χ1n) is 12.1. The number of halogens is 4. The van der Waals surface area contributed by atoms with Gasteiger partial charge in [0.05, 0.1) is 27.3 Å². The number of rotatable bonds is 6. The van der Waals surface area contributed by atoms with E-state index in [1.807, 2.05) is 6.92 Å². The van der Waals surface area contributed by atoms with Crippen LogP contribution in [0.15, 0.2) is 53.7 Å². The van der Waals surface area contributed by atoms with E-state index < -0.39 is 44.0 Å². The summed E-state index contributed by atoms with van der Waals surface area (Å²) in [6.07, 6.45) is 4.50. The van der Waals surface area contributed by atoms with Crippen molar-refractivity contribution in [3.63, 3.8) is 0 Å². The maximum absolute atomic E-state index is 13.8. The van der Waals surface area contributed by atoms with Crippen molar-refractivity contribution in [2.24, 2.45) is 17.8 Å². The van der Waals surface area contributed by atoms with Crippen molar-refractivity contribution in [2.45, 2.75) is 48.5 Å². The molecule has 0 radical (unpaired) electrons. The number of carbonyl (C=O) groups is 1. The molecule has 2 aliphatic rings. The van der Waals surface area contributed by atoms with E-state index >= 15 is 0 Å². The summed E-state index contributed by atoms with van der Waals surface area (Å²) in [5.41, 5.74) is -1.54. The lowest BCUT2D eigenvalue weighted by Crippen LogP contribution is -2.51. The maximum atomic E-state index is 13.8. The van der Waals surface area contributed by atoms with Gasteiger partial charge in [0.15, 0.2) is 27.3 Å². The molecule has 0 saturated heterocycles. The SMILES string of the molecule is C[C@H]1CC2C[C@H](S(=O)(=O)c3cc(C(=O)Nc4cc(F)c(F)c(F)c4)ccc3Cl)CC1[C@@]2(O)Cn1cccn1. The van der Waals surface area contributed by atoms with Crippen molar-refractivity contribution >= 4 is 33.0 Å². The predicted octanol–water partition coefficient (Wildman–Crippen LogP) is 4.85. The van der Waals surface area contributed by atoms with Crippen LogP contribution < -0.4 is 5.32 Å². The summed E-state index contributed by atoms with van der Waals surface area (Å²) >= 11 is 6.28. The smallest absolute Gasteiger partial charge is 0.255 e. The highest BCUT2D eigenvalue weighted by atomic mass is 35.5. The van der Waals surface area contributed by atoms with Gasteiger partial charge in [0.25, 0.3) is 5.91 Å². The molecular weight excluding hydrogens is 543 g/mol. The summed E-state index contributed by atoms with van der Waals surface area (Å²) in [6.45, 7) is 2.28. The van der Waals surface area contributed by atoms with Gasteiger partial charge in [-0.25, -0.2) is 21.6 Å². The number of nitrogens with zero attached hydrogens (tertiary/aromatic N) is 2. The summed E-state index contributed by atoms with van der Waals surface area (Å²) in [5, 5.41) is 17.2. The third-order valence-electron chi connectivity index (χ3n) is 7.91. The molecule has 2 N–H and O–H groups in total. The molecule has 1 amide bonds. The lowest BCUT2D eigenvalue weighted by molar-refractivity contribution is -0.0783. The molecule has 0 spiro atoms. The Balaban J connectivity index is 1.40. The Kier molecular flexibility index (Phi) is 6.81. The van der Waals surface area contributed by atoms with Crippen LogP contribution in [0.1, 0.15) is 36.5 Å². The van der Waals surface area contributed by atoms with Crippen molar-refractivity contribution < 1.29 is 31.5 Å². The third-order valence-corrected chi connectivity index (χ3v) is 10.6. The minimum atomic E-state index is -4.02. The minimum Gasteiger partial charge on any atom is -0.387 e. The number of carbonyl (C=O) groups excluding carboxylic acids is 1. The molecule has 2 aromatic carbocycles. The molecule has 2 aliphatic carbocycles. The average Bonchev–Trinajstić information content (AvgIpc) is 3.37. The molecule has 2 saturated carbocycles. The second kappa shape index (κ2) is 9.69. The normalized spacial score (nSPS) is 26.9. The van der Waals surface area contributed by atoms with Crippen LogP contribution in [-0.2, 0) is 16.4 Å². The van der Waals surface area contributed by atoms with Gasteiger partial charge in [-0.1, -0.05) is 18.5 Å².